The summed E-state index contributed by atoms with van der Waals surface area (Å²) in [6.45, 7) is 6.35. The fourth-order valence-electron chi connectivity index (χ4n) is 4.89. The van der Waals surface area contributed by atoms with Crippen molar-refractivity contribution in [1.29, 1.82) is 0 Å². The summed E-state index contributed by atoms with van der Waals surface area (Å²) in [5.41, 5.74) is 2.16. The topological polar surface area (TPSA) is 88.3 Å². The van der Waals surface area contributed by atoms with Gasteiger partial charge in [-0.15, -0.1) is 0 Å². The summed E-state index contributed by atoms with van der Waals surface area (Å²) in [6.07, 6.45) is 8.55. The number of piperazine rings is 1. The molecule has 0 aromatic carbocycles. The third-order valence-corrected chi connectivity index (χ3v) is 7.04. The van der Waals surface area contributed by atoms with Gasteiger partial charge in [-0.3, -0.25) is 0 Å². The van der Waals surface area contributed by atoms with Crippen LogP contribution in [-0.4, -0.2) is 93.5 Å². The van der Waals surface area contributed by atoms with Gasteiger partial charge in [0.25, 0.3) is 0 Å². The number of rotatable bonds is 5. The number of anilines is 1. The molecule has 5 heterocycles. The molecular formula is C25H31N7O3. The summed E-state index contributed by atoms with van der Waals surface area (Å²) in [6, 6.07) is 5.88. The van der Waals surface area contributed by atoms with Crippen molar-refractivity contribution in [2.45, 2.75) is 37.9 Å². The van der Waals surface area contributed by atoms with Crippen LogP contribution in [0.4, 0.5) is 10.6 Å². The molecule has 6 rings (SSSR count). The van der Waals surface area contributed by atoms with Crippen molar-refractivity contribution >= 4 is 17.6 Å². The fraction of sp³-hybridized carbons (Fsp3) is 0.520. The van der Waals surface area contributed by atoms with E-state index in [0.29, 0.717) is 32.1 Å². The van der Waals surface area contributed by atoms with Crippen LogP contribution in [0.25, 0.3) is 16.8 Å². The first-order valence-corrected chi connectivity index (χ1v) is 12.4. The highest BCUT2D eigenvalue weighted by Crippen LogP contribution is 2.35. The van der Waals surface area contributed by atoms with Gasteiger partial charge < -0.3 is 24.2 Å². The highest BCUT2D eigenvalue weighted by atomic mass is 16.6. The van der Waals surface area contributed by atoms with Crippen LogP contribution in [0, 0.1) is 0 Å². The Morgan fingerprint density at radius 1 is 1.11 bits per heavy atom. The number of carbonyl (C=O) groups is 1. The Morgan fingerprint density at radius 3 is 2.69 bits per heavy atom. The molecule has 184 valence electrons. The van der Waals surface area contributed by atoms with Crippen LogP contribution in [0.2, 0.25) is 0 Å². The van der Waals surface area contributed by atoms with Gasteiger partial charge in [0.2, 0.25) is 5.88 Å². The van der Waals surface area contributed by atoms with Gasteiger partial charge in [0.15, 0.2) is 5.65 Å². The van der Waals surface area contributed by atoms with Crippen molar-refractivity contribution in [3.63, 3.8) is 0 Å². The Kier molecular flexibility index (Phi) is 5.47. The molecule has 0 N–H and O–H groups in total. The Morgan fingerprint density at radius 2 is 1.94 bits per heavy atom. The van der Waals surface area contributed by atoms with Gasteiger partial charge in [-0.05, 0) is 45.0 Å². The van der Waals surface area contributed by atoms with E-state index in [4.69, 9.17) is 14.5 Å². The lowest BCUT2D eigenvalue weighted by molar-refractivity contribution is 0.00863. The van der Waals surface area contributed by atoms with E-state index in [-0.39, 0.29) is 12.2 Å². The molecule has 3 aliphatic rings. The van der Waals surface area contributed by atoms with Gasteiger partial charge in [-0.2, -0.15) is 5.10 Å². The van der Waals surface area contributed by atoms with E-state index in [1.54, 1.807) is 15.6 Å². The SMILES string of the molecule is CN1CC[C@@](C)(OC(=O)N2CCN(c3ccn4ncc(-c5cccnc5OC5CC5)c4n3)CC2)C1. The van der Waals surface area contributed by atoms with Crippen molar-refractivity contribution in [3.05, 3.63) is 36.8 Å². The van der Waals surface area contributed by atoms with Crippen molar-refractivity contribution < 1.29 is 14.3 Å². The zero-order chi connectivity index (χ0) is 24.0. The van der Waals surface area contributed by atoms with E-state index < -0.39 is 5.60 Å². The molecular weight excluding hydrogens is 446 g/mol. The zero-order valence-corrected chi connectivity index (χ0v) is 20.3. The number of nitrogens with zero attached hydrogens (tertiary/aromatic N) is 7. The van der Waals surface area contributed by atoms with Crippen LogP contribution < -0.4 is 9.64 Å². The third kappa shape index (κ3) is 4.50. The average molecular weight is 478 g/mol. The van der Waals surface area contributed by atoms with Gasteiger partial charge in [0, 0.05) is 63.6 Å². The molecule has 10 heteroatoms. The van der Waals surface area contributed by atoms with Crippen LogP contribution in [0.5, 0.6) is 5.88 Å². The lowest BCUT2D eigenvalue weighted by Gasteiger charge is -2.36. The summed E-state index contributed by atoms with van der Waals surface area (Å²) >= 11 is 0. The Hall–Kier alpha value is -3.40. The quantitative estimate of drug-likeness (QED) is 0.554. The fourth-order valence-corrected chi connectivity index (χ4v) is 4.89. The summed E-state index contributed by atoms with van der Waals surface area (Å²) in [4.78, 5) is 28.4. The smallest absolute Gasteiger partial charge is 0.410 e. The second-order valence-corrected chi connectivity index (χ2v) is 10.1. The number of amides is 1. The number of hydrogen-bond donors (Lipinski definition) is 0. The zero-order valence-electron chi connectivity index (χ0n) is 20.3. The van der Waals surface area contributed by atoms with E-state index in [1.807, 2.05) is 37.5 Å². The first-order valence-electron chi connectivity index (χ1n) is 12.4. The molecule has 0 spiro atoms. The van der Waals surface area contributed by atoms with Crippen LogP contribution in [0.3, 0.4) is 0 Å². The summed E-state index contributed by atoms with van der Waals surface area (Å²) < 4.78 is 13.7. The van der Waals surface area contributed by atoms with E-state index in [1.165, 1.54) is 0 Å². The molecule has 35 heavy (non-hydrogen) atoms. The molecule has 1 atom stereocenters. The molecule has 2 saturated heterocycles. The predicted molar refractivity (Wildman–Crippen MR) is 131 cm³/mol. The highest BCUT2D eigenvalue weighted by molar-refractivity contribution is 5.80. The molecule has 1 aliphatic carbocycles. The molecule has 1 amide bonds. The summed E-state index contributed by atoms with van der Waals surface area (Å²) in [7, 11) is 2.06. The third-order valence-electron chi connectivity index (χ3n) is 7.04. The second kappa shape index (κ2) is 8.67. The first-order chi connectivity index (χ1) is 17.0. The minimum absolute atomic E-state index is 0.219. The second-order valence-electron chi connectivity index (χ2n) is 10.1. The van der Waals surface area contributed by atoms with Crippen molar-refractivity contribution in [3.8, 4) is 17.0 Å². The Labute approximate surface area is 204 Å². The normalized spacial score (nSPS) is 23.1. The average Bonchev–Trinajstić information content (AvgIpc) is 3.48. The van der Waals surface area contributed by atoms with Crippen LogP contribution in [-0.2, 0) is 4.74 Å². The molecule has 0 unspecified atom stereocenters. The van der Waals surface area contributed by atoms with E-state index in [9.17, 15) is 4.79 Å². The predicted octanol–water partition coefficient (Wildman–Crippen LogP) is 2.69. The van der Waals surface area contributed by atoms with Gasteiger partial charge in [0.1, 0.15) is 17.5 Å². The number of carbonyl (C=O) groups excluding carboxylic acids is 1. The van der Waals surface area contributed by atoms with Gasteiger partial charge >= 0.3 is 6.09 Å². The molecule has 2 aliphatic heterocycles. The highest BCUT2D eigenvalue weighted by Gasteiger charge is 2.37. The molecule has 0 bridgehead atoms. The maximum Gasteiger partial charge on any atom is 0.410 e. The van der Waals surface area contributed by atoms with E-state index in [0.717, 1.165) is 54.9 Å². The number of fused-ring (bicyclic) bond motifs is 1. The van der Waals surface area contributed by atoms with Crippen molar-refractivity contribution in [1.82, 2.24) is 29.4 Å². The Balaban J connectivity index is 1.16. The lowest BCUT2D eigenvalue weighted by atomic mass is 10.1. The minimum Gasteiger partial charge on any atom is -0.474 e. The van der Waals surface area contributed by atoms with Crippen molar-refractivity contribution in [2.75, 3.05) is 51.2 Å². The van der Waals surface area contributed by atoms with Gasteiger partial charge in [0.05, 0.1) is 11.8 Å². The molecule has 3 fully saturated rings. The summed E-state index contributed by atoms with van der Waals surface area (Å²) in [5, 5.41) is 4.49. The molecule has 10 nitrogen and oxygen atoms in total. The summed E-state index contributed by atoms with van der Waals surface area (Å²) in [5.74, 6) is 1.50. The first kappa shape index (κ1) is 22.1. The van der Waals surface area contributed by atoms with Crippen LogP contribution >= 0.6 is 0 Å². The van der Waals surface area contributed by atoms with Crippen LogP contribution in [0.1, 0.15) is 26.2 Å². The number of likely N-dealkylation sites (N-methyl/N-ethyl adjacent to an activating group) is 1. The van der Waals surface area contributed by atoms with E-state index >= 15 is 0 Å². The Bertz CT molecular complexity index is 1230. The number of hydrogen-bond acceptors (Lipinski definition) is 8. The maximum absolute atomic E-state index is 12.8. The standard InChI is InChI=1S/C25H31N7O3/c1-25(8-11-29(2)17-25)35-24(33)31-14-12-30(13-15-31)21-7-10-32-22(28-21)20(16-27-32)19-4-3-9-26-23(19)34-18-5-6-18/h3-4,7,9-10,16,18H,5-6,8,11-15,17H2,1-2H3/t25-/m1/s1. The number of likely N-dealkylation sites (tertiary alicyclic amines) is 1. The maximum atomic E-state index is 12.8. The molecule has 1 saturated carbocycles. The number of aromatic nitrogens is 4. The largest absolute Gasteiger partial charge is 0.474 e. The molecule has 0 radical (unpaired) electrons. The lowest BCUT2D eigenvalue weighted by Crippen LogP contribution is -2.51. The van der Waals surface area contributed by atoms with Crippen molar-refractivity contribution in [2.24, 2.45) is 0 Å². The number of pyridine rings is 1. The van der Waals surface area contributed by atoms with Gasteiger partial charge in [-0.25, -0.2) is 19.3 Å². The molecule has 3 aromatic heterocycles. The van der Waals surface area contributed by atoms with Crippen LogP contribution in [0.15, 0.2) is 36.8 Å². The molecule has 3 aromatic rings. The monoisotopic (exact) mass is 477 g/mol. The minimum atomic E-state index is -0.400. The van der Waals surface area contributed by atoms with E-state index in [2.05, 4.69) is 26.9 Å². The number of ether oxygens (including phenoxy) is 2. The van der Waals surface area contributed by atoms with Gasteiger partial charge in [-0.1, -0.05) is 0 Å².